The SMILES string of the molecule is C=C(C)C(=O)NC(CCCCC)OC. The van der Waals surface area contributed by atoms with Crippen molar-refractivity contribution in [1.82, 2.24) is 5.32 Å². The highest BCUT2D eigenvalue weighted by Crippen LogP contribution is 2.04. The Bertz CT molecular complexity index is 190. The minimum Gasteiger partial charge on any atom is -0.362 e. The largest absolute Gasteiger partial charge is 0.362 e. The molecule has 0 aliphatic carbocycles. The Balaban J connectivity index is 3.78. The van der Waals surface area contributed by atoms with Crippen molar-refractivity contribution in [1.29, 1.82) is 0 Å². The monoisotopic (exact) mass is 199 g/mol. The molecular formula is C11H21NO2. The number of rotatable bonds is 7. The summed E-state index contributed by atoms with van der Waals surface area (Å²) in [5.74, 6) is -0.131. The lowest BCUT2D eigenvalue weighted by atomic mass is 10.2. The van der Waals surface area contributed by atoms with Crippen molar-refractivity contribution in [2.75, 3.05) is 7.11 Å². The minimum atomic E-state index is -0.175. The van der Waals surface area contributed by atoms with Gasteiger partial charge in [-0.15, -0.1) is 0 Å². The van der Waals surface area contributed by atoms with Crippen LogP contribution in [-0.4, -0.2) is 19.2 Å². The molecule has 3 nitrogen and oxygen atoms in total. The molecule has 0 aliphatic rings. The molecule has 1 amide bonds. The fraction of sp³-hybridized carbons (Fsp3) is 0.727. The maximum atomic E-state index is 11.3. The number of carbonyl (C=O) groups is 1. The molecule has 0 fully saturated rings. The number of amides is 1. The van der Waals surface area contributed by atoms with Gasteiger partial charge in [0, 0.05) is 12.7 Å². The van der Waals surface area contributed by atoms with E-state index in [0.29, 0.717) is 5.57 Å². The first-order valence-corrected chi connectivity index (χ1v) is 5.11. The number of hydrogen-bond acceptors (Lipinski definition) is 2. The third kappa shape index (κ3) is 5.75. The van der Waals surface area contributed by atoms with E-state index in [2.05, 4.69) is 18.8 Å². The first-order valence-electron chi connectivity index (χ1n) is 5.11. The molecule has 14 heavy (non-hydrogen) atoms. The van der Waals surface area contributed by atoms with Crippen molar-refractivity contribution in [2.45, 2.75) is 45.8 Å². The lowest BCUT2D eigenvalue weighted by Crippen LogP contribution is -2.36. The number of methoxy groups -OCH3 is 1. The summed E-state index contributed by atoms with van der Waals surface area (Å²) in [6.07, 6.45) is 4.11. The fourth-order valence-corrected chi connectivity index (χ4v) is 1.10. The Morgan fingerprint density at radius 3 is 2.57 bits per heavy atom. The van der Waals surface area contributed by atoms with Crippen molar-refractivity contribution in [3.8, 4) is 0 Å². The van der Waals surface area contributed by atoms with Crippen LogP contribution in [0.25, 0.3) is 0 Å². The van der Waals surface area contributed by atoms with Gasteiger partial charge in [-0.3, -0.25) is 4.79 Å². The highest BCUT2D eigenvalue weighted by Gasteiger charge is 2.10. The molecule has 0 saturated carbocycles. The molecule has 0 bridgehead atoms. The van der Waals surface area contributed by atoms with E-state index in [0.717, 1.165) is 12.8 Å². The van der Waals surface area contributed by atoms with E-state index in [1.54, 1.807) is 14.0 Å². The summed E-state index contributed by atoms with van der Waals surface area (Å²) in [5.41, 5.74) is 0.516. The molecule has 0 spiro atoms. The zero-order valence-electron chi connectivity index (χ0n) is 9.43. The van der Waals surface area contributed by atoms with Gasteiger partial charge in [0.2, 0.25) is 5.91 Å². The molecule has 0 aliphatic heterocycles. The Labute approximate surface area is 86.5 Å². The number of nitrogens with one attached hydrogen (secondary N) is 1. The third-order valence-corrected chi connectivity index (χ3v) is 2.03. The third-order valence-electron chi connectivity index (χ3n) is 2.03. The molecule has 1 unspecified atom stereocenters. The van der Waals surface area contributed by atoms with Crippen LogP contribution in [0.2, 0.25) is 0 Å². The van der Waals surface area contributed by atoms with E-state index in [1.807, 2.05) is 0 Å². The van der Waals surface area contributed by atoms with Gasteiger partial charge in [0.15, 0.2) is 0 Å². The van der Waals surface area contributed by atoms with Crippen molar-refractivity contribution < 1.29 is 9.53 Å². The van der Waals surface area contributed by atoms with E-state index in [1.165, 1.54) is 12.8 Å². The predicted octanol–water partition coefficient (Wildman–Crippen LogP) is 2.23. The minimum absolute atomic E-state index is 0.131. The van der Waals surface area contributed by atoms with Crippen LogP contribution in [0.4, 0.5) is 0 Å². The van der Waals surface area contributed by atoms with Gasteiger partial charge in [-0.1, -0.05) is 26.3 Å². The zero-order chi connectivity index (χ0) is 11.0. The number of hydrogen-bond donors (Lipinski definition) is 1. The molecule has 0 aromatic rings. The standard InChI is InChI=1S/C11H21NO2/c1-5-6-7-8-10(14-4)12-11(13)9(2)3/h10H,2,5-8H2,1,3-4H3,(H,12,13). The topological polar surface area (TPSA) is 38.3 Å². The highest BCUT2D eigenvalue weighted by atomic mass is 16.5. The van der Waals surface area contributed by atoms with Crippen molar-refractivity contribution >= 4 is 5.91 Å². The zero-order valence-corrected chi connectivity index (χ0v) is 9.43. The van der Waals surface area contributed by atoms with Crippen molar-refractivity contribution in [3.05, 3.63) is 12.2 Å². The maximum Gasteiger partial charge on any atom is 0.248 e. The number of unbranched alkanes of at least 4 members (excludes halogenated alkanes) is 2. The average Bonchev–Trinajstić information content (AvgIpc) is 2.16. The molecule has 1 atom stereocenters. The smallest absolute Gasteiger partial charge is 0.248 e. The van der Waals surface area contributed by atoms with E-state index >= 15 is 0 Å². The van der Waals surface area contributed by atoms with Gasteiger partial charge in [-0.2, -0.15) is 0 Å². The second-order valence-electron chi connectivity index (χ2n) is 3.47. The average molecular weight is 199 g/mol. The van der Waals surface area contributed by atoms with Crippen LogP contribution in [0.1, 0.15) is 39.5 Å². The molecule has 0 saturated heterocycles. The molecule has 0 heterocycles. The number of ether oxygens (including phenoxy) is 1. The second kappa shape index (κ2) is 7.56. The normalized spacial score (nSPS) is 12.2. The molecular weight excluding hydrogens is 178 g/mol. The Morgan fingerprint density at radius 2 is 2.14 bits per heavy atom. The molecule has 0 rings (SSSR count). The van der Waals surface area contributed by atoms with Crippen LogP contribution in [0.5, 0.6) is 0 Å². The van der Waals surface area contributed by atoms with Crippen LogP contribution in [-0.2, 0) is 9.53 Å². The molecule has 1 N–H and O–H groups in total. The first kappa shape index (κ1) is 13.2. The van der Waals surface area contributed by atoms with Crippen LogP contribution < -0.4 is 5.32 Å². The molecule has 0 radical (unpaired) electrons. The van der Waals surface area contributed by atoms with Gasteiger partial charge in [0.25, 0.3) is 0 Å². The molecule has 0 aromatic carbocycles. The maximum absolute atomic E-state index is 11.3. The van der Waals surface area contributed by atoms with Crippen LogP contribution in [0.15, 0.2) is 12.2 Å². The summed E-state index contributed by atoms with van der Waals surface area (Å²) in [7, 11) is 1.61. The summed E-state index contributed by atoms with van der Waals surface area (Å²) in [6, 6.07) is 0. The highest BCUT2D eigenvalue weighted by molar-refractivity contribution is 5.92. The van der Waals surface area contributed by atoms with E-state index in [-0.39, 0.29) is 12.1 Å². The van der Waals surface area contributed by atoms with Gasteiger partial charge >= 0.3 is 0 Å². The lowest BCUT2D eigenvalue weighted by Gasteiger charge is -2.16. The van der Waals surface area contributed by atoms with E-state index < -0.39 is 0 Å². The molecule has 3 heteroatoms. The van der Waals surface area contributed by atoms with Gasteiger partial charge < -0.3 is 10.1 Å². The van der Waals surface area contributed by atoms with Gasteiger partial charge in [-0.25, -0.2) is 0 Å². The Morgan fingerprint density at radius 1 is 1.50 bits per heavy atom. The predicted molar refractivity (Wildman–Crippen MR) is 57.9 cm³/mol. The summed E-state index contributed by atoms with van der Waals surface area (Å²) in [5, 5.41) is 2.76. The van der Waals surface area contributed by atoms with Crippen LogP contribution in [0.3, 0.4) is 0 Å². The van der Waals surface area contributed by atoms with Crippen molar-refractivity contribution in [3.63, 3.8) is 0 Å². The van der Waals surface area contributed by atoms with Crippen LogP contribution in [0, 0.1) is 0 Å². The quantitative estimate of drug-likeness (QED) is 0.388. The summed E-state index contributed by atoms with van der Waals surface area (Å²) >= 11 is 0. The van der Waals surface area contributed by atoms with Gasteiger partial charge in [0.05, 0.1) is 0 Å². The molecule has 82 valence electrons. The first-order chi connectivity index (χ1) is 6.61. The molecule has 0 aromatic heterocycles. The van der Waals surface area contributed by atoms with Gasteiger partial charge in [0.1, 0.15) is 6.23 Å². The summed E-state index contributed by atoms with van der Waals surface area (Å²) < 4.78 is 5.14. The van der Waals surface area contributed by atoms with E-state index in [4.69, 9.17) is 4.74 Å². The fourth-order valence-electron chi connectivity index (χ4n) is 1.10. The van der Waals surface area contributed by atoms with Crippen LogP contribution >= 0.6 is 0 Å². The van der Waals surface area contributed by atoms with Crippen molar-refractivity contribution in [2.24, 2.45) is 0 Å². The summed E-state index contributed by atoms with van der Waals surface area (Å²) in [4.78, 5) is 11.3. The second-order valence-corrected chi connectivity index (χ2v) is 3.47. The number of carbonyl (C=O) groups excluding carboxylic acids is 1. The van der Waals surface area contributed by atoms with Gasteiger partial charge in [-0.05, 0) is 19.8 Å². The Hall–Kier alpha value is -0.830. The summed E-state index contributed by atoms with van der Waals surface area (Å²) in [6.45, 7) is 7.41. The Kier molecular flexibility index (Phi) is 7.11. The lowest BCUT2D eigenvalue weighted by molar-refractivity contribution is -0.121. The van der Waals surface area contributed by atoms with E-state index in [9.17, 15) is 4.79 Å².